The molecule has 0 aliphatic heterocycles. The van der Waals surface area contributed by atoms with Gasteiger partial charge in [-0.25, -0.2) is 4.79 Å². The van der Waals surface area contributed by atoms with E-state index in [2.05, 4.69) is 19.4 Å². The van der Waals surface area contributed by atoms with Gasteiger partial charge in [-0.15, -0.1) is 0 Å². The van der Waals surface area contributed by atoms with Crippen LogP contribution in [0.15, 0.2) is 27.3 Å². The summed E-state index contributed by atoms with van der Waals surface area (Å²) >= 11 is 0. The third kappa shape index (κ3) is 1.37. The van der Waals surface area contributed by atoms with Crippen LogP contribution in [0.5, 0.6) is 0 Å². The molecular weight excluding hydrogens is 188 g/mol. The van der Waals surface area contributed by atoms with E-state index in [4.69, 9.17) is 4.42 Å². The van der Waals surface area contributed by atoms with Gasteiger partial charge in [0.1, 0.15) is 0 Å². The summed E-state index contributed by atoms with van der Waals surface area (Å²) in [4.78, 5) is 14.7. The summed E-state index contributed by atoms with van der Waals surface area (Å²) in [5.74, 6) is -0.214. The molecule has 6 heteroatoms. The van der Waals surface area contributed by atoms with E-state index in [1.807, 2.05) is 0 Å². The van der Waals surface area contributed by atoms with Crippen LogP contribution >= 0.6 is 0 Å². The lowest BCUT2D eigenvalue weighted by molar-refractivity contribution is 0.0545. The monoisotopic (exact) mass is 194 g/mol. The Balaban J connectivity index is 2.31. The highest BCUT2D eigenvalue weighted by Crippen LogP contribution is 2.15. The molecule has 6 nitrogen and oxygen atoms in total. The van der Waals surface area contributed by atoms with Crippen molar-refractivity contribution in [2.45, 2.75) is 0 Å². The molecule has 2 rings (SSSR count). The zero-order chi connectivity index (χ0) is 9.97. The van der Waals surface area contributed by atoms with Crippen LogP contribution in [0.3, 0.4) is 0 Å². The standard InChI is InChI=1S/C8H6N2O4/c1-12-8(11)7-9-6(10-14-7)5-3-2-4-13-5/h2-4H,1H3. The average Bonchev–Trinajstić information content (AvgIpc) is 2.86. The van der Waals surface area contributed by atoms with Gasteiger partial charge in [0.05, 0.1) is 13.4 Å². The Morgan fingerprint density at radius 3 is 3.07 bits per heavy atom. The van der Waals surface area contributed by atoms with Crippen LogP contribution in [-0.4, -0.2) is 23.2 Å². The average molecular weight is 194 g/mol. The zero-order valence-corrected chi connectivity index (χ0v) is 7.26. The van der Waals surface area contributed by atoms with E-state index in [1.165, 1.54) is 13.4 Å². The van der Waals surface area contributed by atoms with Gasteiger partial charge in [-0.1, -0.05) is 5.16 Å². The van der Waals surface area contributed by atoms with Gasteiger partial charge in [-0.2, -0.15) is 4.98 Å². The van der Waals surface area contributed by atoms with Crippen LogP contribution in [-0.2, 0) is 4.74 Å². The number of aromatic nitrogens is 2. The summed E-state index contributed by atoms with van der Waals surface area (Å²) < 4.78 is 14.1. The van der Waals surface area contributed by atoms with Crippen LogP contribution < -0.4 is 0 Å². The lowest BCUT2D eigenvalue weighted by Gasteiger charge is -1.87. The molecule has 0 bridgehead atoms. The first-order chi connectivity index (χ1) is 6.81. The second-order valence-electron chi connectivity index (χ2n) is 2.39. The lowest BCUT2D eigenvalue weighted by Crippen LogP contribution is -2.00. The third-order valence-electron chi connectivity index (χ3n) is 1.53. The first kappa shape index (κ1) is 8.49. The molecule has 0 aliphatic carbocycles. The number of esters is 1. The molecular formula is C8H6N2O4. The van der Waals surface area contributed by atoms with Crippen LogP contribution in [0, 0.1) is 0 Å². The van der Waals surface area contributed by atoms with E-state index in [9.17, 15) is 4.79 Å². The maximum absolute atomic E-state index is 10.9. The van der Waals surface area contributed by atoms with Crippen LogP contribution in [0.25, 0.3) is 11.6 Å². The zero-order valence-electron chi connectivity index (χ0n) is 7.26. The molecule has 0 saturated heterocycles. The Morgan fingerprint density at radius 2 is 2.43 bits per heavy atom. The summed E-state index contributed by atoms with van der Waals surface area (Å²) in [6.45, 7) is 0. The van der Waals surface area contributed by atoms with E-state index in [1.54, 1.807) is 12.1 Å². The molecule has 0 aliphatic rings. The maximum Gasteiger partial charge on any atom is 0.397 e. The van der Waals surface area contributed by atoms with E-state index in [0.717, 1.165) is 0 Å². The molecule has 14 heavy (non-hydrogen) atoms. The highest BCUT2D eigenvalue weighted by Gasteiger charge is 2.17. The minimum atomic E-state index is -0.671. The van der Waals surface area contributed by atoms with Crippen molar-refractivity contribution in [1.82, 2.24) is 10.1 Å². The molecule has 0 spiro atoms. The molecule has 2 heterocycles. The number of hydrogen-bond acceptors (Lipinski definition) is 6. The first-order valence-electron chi connectivity index (χ1n) is 3.77. The van der Waals surface area contributed by atoms with Crippen molar-refractivity contribution in [3.63, 3.8) is 0 Å². The Bertz CT molecular complexity index is 432. The SMILES string of the molecule is COC(=O)c1nc(-c2ccco2)no1. The van der Waals surface area contributed by atoms with Crippen molar-refractivity contribution in [2.75, 3.05) is 7.11 Å². The van der Waals surface area contributed by atoms with Crippen LogP contribution in [0.1, 0.15) is 10.7 Å². The highest BCUT2D eigenvalue weighted by atomic mass is 16.6. The third-order valence-corrected chi connectivity index (χ3v) is 1.53. The minimum Gasteiger partial charge on any atom is -0.462 e. The summed E-state index contributed by atoms with van der Waals surface area (Å²) in [6, 6.07) is 3.34. The largest absolute Gasteiger partial charge is 0.462 e. The first-order valence-corrected chi connectivity index (χ1v) is 3.77. The van der Waals surface area contributed by atoms with Gasteiger partial charge in [0.25, 0.3) is 0 Å². The van der Waals surface area contributed by atoms with Gasteiger partial charge in [0.15, 0.2) is 5.76 Å². The fourth-order valence-corrected chi connectivity index (χ4v) is 0.900. The quantitative estimate of drug-likeness (QED) is 0.666. The van der Waals surface area contributed by atoms with Crippen molar-refractivity contribution in [2.24, 2.45) is 0 Å². The number of hydrogen-bond donors (Lipinski definition) is 0. The van der Waals surface area contributed by atoms with Crippen molar-refractivity contribution in [1.29, 1.82) is 0 Å². The summed E-state index contributed by atoms with van der Waals surface area (Å²) in [5.41, 5.74) is 0. The highest BCUT2D eigenvalue weighted by molar-refractivity contribution is 5.84. The van der Waals surface area contributed by atoms with E-state index in [0.29, 0.717) is 5.76 Å². The normalized spacial score (nSPS) is 10.1. The fraction of sp³-hybridized carbons (Fsp3) is 0.125. The van der Waals surface area contributed by atoms with Gasteiger partial charge in [0.2, 0.25) is 5.82 Å². The van der Waals surface area contributed by atoms with Crippen molar-refractivity contribution >= 4 is 5.97 Å². The number of nitrogens with zero attached hydrogens (tertiary/aromatic N) is 2. The molecule has 0 radical (unpaired) electrons. The van der Waals surface area contributed by atoms with Gasteiger partial charge in [-0.3, -0.25) is 0 Å². The minimum absolute atomic E-state index is 0.195. The van der Waals surface area contributed by atoms with Gasteiger partial charge in [0, 0.05) is 0 Å². The number of carbonyl (C=O) groups excluding carboxylic acids is 1. The van der Waals surface area contributed by atoms with E-state index in [-0.39, 0.29) is 11.7 Å². The predicted octanol–water partition coefficient (Wildman–Crippen LogP) is 1.12. The number of furan rings is 1. The Kier molecular flexibility index (Phi) is 2.02. The van der Waals surface area contributed by atoms with Gasteiger partial charge >= 0.3 is 11.9 Å². The maximum atomic E-state index is 10.9. The second-order valence-corrected chi connectivity index (χ2v) is 2.39. The molecule has 0 aromatic carbocycles. The topological polar surface area (TPSA) is 78.4 Å². The molecule has 0 N–H and O–H groups in total. The van der Waals surface area contributed by atoms with Crippen LogP contribution in [0.4, 0.5) is 0 Å². The number of methoxy groups -OCH3 is 1. The molecule has 2 aromatic heterocycles. The fourth-order valence-electron chi connectivity index (χ4n) is 0.900. The number of carbonyl (C=O) groups is 1. The van der Waals surface area contributed by atoms with E-state index < -0.39 is 5.97 Å². The number of rotatable bonds is 2. The Labute approximate surface area is 78.5 Å². The van der Waals surface area contributed by atoms with Crippen molar-refractivity contribution < 1.29 is 18.5 Å². The molecule has 0 amide bonds. The molecule has 0 atom stereocenters. The van der Waals surface area contributed by atoms with Gasteiger partial charge < -0.3 is 13.7 Å². The molecule has 2 aromatic rings. The summed E-state index contributed by atoms with van der Waals surface area (Å²) in [6.07, 6.45) is 1.48. The van der Waals surface area contributed by atoms with Gasteiger partial charge in [-0.05, 0) is 12.1 Å². The number of ether oxygens (including phenoxy) is 1. The molecule has 0 unspecified atom stereocenters. The molecule has 72 valence electrons. The molecule has 0 saturated carbocycles. The van der Waals surface area contributed by atoms with Crippen molar-refractivity contribution in [3.05, 3.63) is 24.3 Å². The predicted molar refractivity (Wildman–Crippen MR) is 43.3 cm³/mol. The second kappa shape index (κ2) is 3.33. The lowest BCUT2D eigenvalue weighted by atomic mass is 10.4. The van der Waals surface area contributed by atoms with Crippen LogP contribution in [0.2, 0.25) is 0 Å². The summed E-state index contributed by atoms with van der Waals surface area (Å²) in [5, 5.41) is 3.55. The Morgan fingerprint density at radius 1 is 1.57 bits per heavy atom. The summed E-state index contributed by atoms with van der Waals surface area (Å²) in [7, 11) is 1.24. The Hall–Kier alpha value is -2.11. The van der Waals surface area contributed by atoms with Crippen molar-refractivity contribution in [3.8, 4) is 11.6 Å². The molecule has 0 fully saturated rings. The van der Waals surface area contributed by atoms with E-state index >= 15 is 0 Å². The smallest absolute Gasteiger partial charge is 0.397 e.